The van der Waals surface area contributed by atoms with Gasteiger partial charge in [0.15, 0.2) is 12.4 Å². The molecule has 0 bridgehead atoms. The molecule has 2 aromatic rings. The number of ether oxygens (including phenoxy) is 1. The lowest BCUT2D eigenvalue weighted by molar-refractivity contribution is -0.116. The number of amides is 1. The van der Waals surface area contributed by atoms with Crippen LogP contribution in [0.5, 0.6) is 0 Å². The molecule has 0 aliphatic carbocycles. The largest absolute Gasteiger partial charge is 0.454 e. The smallest absolute Gasteiger partial charge is 0.338 e. The van der Waals surface area contributed by atoms with Gasteiger partial charge in [0.25, 0.3) is 0 Å². The van der Waals surface area contributed by atoms with E-state index >= 15 is 0 Å². The summed E-state index contributed by atoms with van der Waals surface area (Å²) in [7, 11) is 0. The Kier molecular flexibility index (Phi) is 4.16. The van der Waals surface area contributed by atoms with Gasteiger partial charge in [-0.25, -0.2) is 4.79 Å². The van der Waals surface area contributed by atoms with Crippen LogP contribution in [0.15, 0.2) is 42.5 Å². The molecule has 0 unspecified atom stereocenters. The average molecular weight is 323 g/mol. The number of Topliss-reactive ketones (excluding diaryl/α,β-unsaturated/α-hetero) is 1. The summed E-state index contributed by atoms with van der Waals surface area (Å²) < 4.78 is 5.12. The molecule has 1 heterocycles. The van der Waals surface area contributed by atoms with Gasteiger partial charge < -0.3 is 10.1 Å². The molecule has 5 nitrogen and oxygen atoms in total. The minimum absolute atomic E-state index is 0.0828. The van der Waals surface area contributed by atoms with Crippen LogP contribution in [-0.4, -0.2) is 24.3 Å². The highest BCUT2D eigenvalue weighted by molar-refractivity contribution is 6.05. The van der Waals surface area contributed by atoms with E-state index in [1.165, 1.54) is 0 Å². The quantitative estimate of drug-likeness (QED) is 0.693. The molecule has 3 rings (SSSR count). The Morgan fingerprint density at radius 3 is 2.67 bits per heavy atom. The molecule has 5 heteroatoms. The number of hydrogen-bond donors (Lipinski definition) is 1. The fourth-order valence-corrected chi connectivity index (χ4v) is 2.68. The van der Waals surface area contributed by atoms with E-state index in [1.54, 1.807) is 37.3 Å². The molecular formula is C19H17NO4. The lowest BCUT2D eigenvalue weighted by Gasteiger charge is -2.08. The van der Waals surface area contributed by atoms with Crippen LogP contribution in [0.25, 0.3) is 0 Å². The predicted molar refractivity (Wildman–Crippen MR) is 89.3 cm³/mol. The average Bonchev–Trinajstić information content (AvgIpc) is 2.87. The molecule has 0 radical (unpaired) electrons. The van der Waals surface area contributed by atoms with Crippen molar-refractivity contribution in [2.75, 3.05) is 11.9 Å². The highest BCUT2D eigenvalue weighted by Gasteiger charge is 2.27. The first-order chi connectivity index (χ1) is 11.5. The minimum Gasteiger partial charge on any atom is -0.454 e. The second-order valence-electron chi connectivity index (χ2n) is 5.83. The number of nitrogens with one attached hydrogen (secondary N) is 1. The van der Waals surface area contributed by atoms with Gasteiger partial charge in [0.2, 0.25) is 5.91 Å². The van der Waals surface area contributed by atoms with Crippen molar-refractivity contribution in [2.45, 2.75) is 19.8 Å². The monoisotopic (exact) mass is 323 g/mol. The van der Waals surface area contributed by atoms with Crippen molar-refractivity contribution < 1.29 is 19.1 Å². The summed E-state index contributed by atoms with van der Waals surface area (Å²) in [4.78, 5) is 36.0. The van der Waals surface area contributed by atoms with Crippen molar-refractivity contribution in [3.63, 3.8) is 0 Å². The maximum Gasteiger partial charge on any atom is 0.338 e. The Labute approximate surface area is 139 Å². The van der Waals surface area contributed by atoms with Gasteiger partial charge in [0, 0.05) is 11.3 Å². The summed E-state index contributed by atoms with van der Waals surface area (Å²) in [5.74, 6) is -1.19. The summed E-state index contributed by atoms with van der Waals surface area (Å²) in [5.41, 5.74) is 3.18. The molecule has 0 saturated carbocycles. The molecular weight excluding hydrogens is 306 g/mol. The molecule has 2 aromatic carbocycles. The Morgan fingerprint density at radius 2 is 1.92 bits per heavy atom. The lowest BCUT2D eigenvalue weighted by atomic mass is 9.99. The maximum atomic E-state index is 12.3. The highest BCUT2D eigenvalue weighted by atomic mass is 16.5. The molecule has 0 aromatic heterocycles. The van der Waals surface area contributed by atoms with Gasteiger partial charge in [-0.2, -0.15) is 0 Å². The lowest BCUT2D eigenvalue weighted by Crippen LogP contribution is -2.15. The van der Waals surface area contributed by atoms with Gasteiger partial charge in [-0.3, -0.25) is 9.59 Å². The molecule has 1 aliphatic heterocycles. The van der Waals surface area contributed by atoms with E-state index in [1.807, 2.05) is 19.1 Å². The van der Waals surface area contributed by atoms with E-state index in [2.05, 4.69) is 5.32 Å². The number of aryl methyl sites for hydroxylation is 1. The Morgan fingerprint density at radius 1 is 1.17 bits per heavy atom. The SMILES string of the molecule is Cc1ccccc1C(=O)OCC(=O)c1ccc2c(c1)[C@@H](C)C(=O)N2. The van der Waals surface area contributed by atoms with Crippen LogP contribution in [0.1, 0.15) is 44.7 Å². The number of carbonyl (C=O) groups is 3. The minimum atomic E-state index is -0.521. The molecule has 1 amide bonds. The zero-order valence-electron chi connectivity index (χ0n) is 13.5. The van der Waals surface area contributed by atoms with E-state index in [-0.39, 0.29) is 24.2 Å². The van der Waals surface area contributed by atoms with E-state index in [4.69, 9.17) is 4.74 Å². The number of rotatable bonds is 4. The number of benzene rings is 2. The van der Waals surface area contributed by atoms with Crippen LogP contribution in [0, 0.1) is 6.92 Å². The van der Waals surface area contributed by atoms with Crippen molar-refractivity contribution in [1.82, 2.24) is 0 Å². The normalized spacial score (nSPS) is 15.6. The van der Waals surface area contributed by atoms with Gasteiger partial charge >= 0.3 is 5.97 Å². The fraction of sp³-hybridized carbons (Fsp3) is 0.211. The van der Waals surface area contributed by atoms with Gasteiger partial charge in [-0.05, 0) is 49.2 Å². The van der Waals surface area contributed by atoms with Crippen LogP contribution < -0.4 is 5.32 Å². The third-order valence-corrected chi connectivity index (χ3v) is 4.19. The summed E-state index contributed by atoms with van der Waals surface area (Å²) in [6.45, 7) is 3.26. The Bertz CT molecular complexity index is 841. The number of anilines is 1. The Hall–Kier alpha value is -2.95. The van der Waals surface area contributed by atoms with Crippen LogP contribution >= 0.6 is 0 Å². The van der Waals surface area contributed by atoms with Crippen LogP contribution in [-0.2, 0) is 9.53 Å². The summed E-state index contributed by atoms with van der Waals surface area (Å²) in [6.07, 6.45) is 0. The second kappa shape index (κ2) is 6.28. The molecule has 0 spiro atoms. The molecule has 0 fully saturated rings. The third-order valence-electron chi connectivity index (χ3n) is 4.19. The van der Waals surface area contributed by atoms with E-state index < -0.39 is 5.97 Å². The van der Waals surface area contributed by atoms with E-state index in [0.29, 0.717) is 11.1 Å². The summed E-state index contributed by atoms with van der Waals surface area (Å²) in [6, 6.07) is 12.1. The molecule has 0 saturated heterocycles. The number of carbonyl (C=O) groups excluding carboxylic acids is 3. The van der Waals surface area contributed by atoms with Crippen molar-refractivity contribution in [1.29, 1.82) is 0 Å². The van der Waals surface area contributed by atoms with E-state index in [0.717, 1.165) is 16.8 Å². The number of ketones is 1. The van der Waals surface area contributed by atoms with Gasteiger partial charge in [0.1, 0.15) is 0 Å². The highest BCUT2D eigenvalue weighted by Crippen LogP contribution is 2.32. The topological polar surface area (TPSA) is 72.5 Å². The zero-order chi connectivity index (χ0) is 17.3. The van der Waals surface area contributed by atoms with Crippen LogP contribution in [0.4, 0.5) is 5.69 Å². The first-order valence-electron chi connectivity index (χ1n) is 7.68. The summed E-state index contributed by atoms with van der Waals surface area (Å²) in [5, 5.41) is 2.76. The first kappa shape index (κ1) is 15.9. The fourth-order valence-electron chi connectivity index (χ4n) is 2.68. The molecule has 122 valence electrons. The Balaban J connectivity index is 1.69. The van der Waals surface area contributed by atoms with Gasteiger partial charge in [0.05, 0.1) is 11.5 Å². The molecule has 1 atom stereocenters. The van der Waals surface area contributed by atoms with Crippen molar-refractivity contribution >= 4 is 23.3 Å². The maximum absolute atomic E-state index is 12.3. The molecule has 1 aliphatic rings. The second-order valence-corrected chi connectivity index (χ2v) is 5.83. The third kappa shape index (κ3) is 2.93. The standard InChI is InChI=1S/C19H17NO4/c1-11-5-3-4-6-14(11)19(23)24-10-17(21)13-7-8-16-15(9-13)12(2)18(22)20-16/h3-9,12H,10H2,1-2H3,(H,20,22)/t12-/m1/s1. The predicted octanol–water partition coefficient (Wildman–Crippen LogP) is 3.09. The molecule has 24 heavy (non-hydrogen) atoms. The van der Waals surface area contributed by atoms with Crippen LogP contribution in [0.3, 0.4) is 0 Å². The van der Waals surface area contributed by atoms with Crippen molar-refractivity contribution in [3.05, 3.63) is 64.7 Å². The summed E-state index contributed by atoms with van der Waals surface area (Å²) >= 11 is 0. The van der Waals surface area contributed by atoms with Crippen molar-refractivity contribution in [2.24, 2.45) is 0 Å². The van der Waals surface area contributed by atoms with Gasteiger partial charge in [-0.15, -0.1) is 0 Å². The first-order valence-corrected chi connectivity index (χ1v) is 7.68. The van der Waals surface area contributed by atoms with Crippen LogP contribution in [0.2, 0.25) is 0 Å². The number of hydrogen-bond acceptors (Lipinski definition) is 4. The molecule has 1 N–H and O–H groups in total. The van der Waals surface area contributed by atoms with Crippen molar-refractivity contribution in [3.8, 4) is 0 Å². The number of fused-ring (bicyclic) bond motifs is 1. The van der Waals surface area contributed by atoms with Gasteiger partial charge in [-0.1, -0.05) is 18.2 Å². The number of esters is 1. The van der Waals surface area contributed by atoms with E-state index in [9.17, 15) is 14.4 Å². The zero-order valence-corrected chi connectivity index (χ0v) is 13.5.